The second kappa shape index (κ2) is 12.5. The molecule has 0 bridgehead atoms. The maximum absolute atomic E-state index is 12.4. The number of hydrogen-bond donors (Lipinski definition) is 2. The van der Waals surface area contributed by atoms with Gasteiger partial charge in [0.05, 0.1) is 22.3 Å². The van der Waals surface area contributed by atoms with Crippen LogP contribution in [0.1, 0.15) is 42.1 Å². The molecule has 238 valence electrons. The maximum Gasteiger partial charge on any atom is 0.326 e. The van der Waals surface area contributed by atoms with Crippen LogP contribution >= 0.6 is 23.2 Å². The van der Waals surface area contributed by atoms with Crippen LogP contribution in [-0.2, 0) is 19.8 Å². The molecule has 4 aromatic carbocycles. The standard InChI is InChI=1S/C35H29Cl2N5O4S/c36-26-12-17-29(30(37)19-26)31-20-38-35(39-31)34(25-10-15-28(16-11-25)42-21-32(43)40-47(42,45)46)24-6-4-22(5-7-24)23-8-13-27(14-9-23)41-18-2-1-3-33(41)44/h4-17,19-20,34H,1-3,18,21H2,(H,38,39)(H,40,43). The fraction of sp³-hybridized carbons (Fsp3) is 0.171. The second-order valence-electron chi connectivity index (χ2n) is 11.5. The van der Waals surface area contributed by atoms with Crippen molar-refractivity contribution in [1.29, 1.82) is 0 Å². The largest absolute Gasteiger partial charge is 0.347 e. The van der Waals surface area contributed by atoms with E-state index in [4.69, 9.17) is 28.2 Å². The monoisotopic (exact) mass is 685 g/mol. The van der Waals surface area contributed by atoms with Crippen molar-refractivity contribution in [2.24, 2.45) is 0 Å². The SMILES string of the molecule is O=C1CN(c2ccc(C(c3ccc(-c4ccc(N5CCCCC5=O)cc4)cc3)c3nc(-c4ccc(Cl)cc4Cl)c[nH]3)cc2)S(=O)(=O)N1. The van der Waals surface area contributed by atoms with Crippen molar-refractivity contribution in [1.82, 2.24) is 14.7 Å². The molecule has 1 aromatic heterocycles. The van der Waals surface area contributed by atoms with Crippen molar-refractivity contribution < 1.29 is 18.0 Å². The van der Waals surface area contributed by atoms with Crippen molar-refractivity contribution in [2.75, 3.05) is 22.3 Å². The predicted molar refractivity (Wildman–Crippen MR) is 184 cm³/mol. The van der Waals surface area contributed by atoms with Crippen LogP contribution in [0.4, 0.5) is 11.4 Å². The summed E-state index contributed by atoms with van der Waals surface area (Å²) >= 11 is 12.6. The molecule has 2 amide bonds. The number of H-pyrrole nitrogens is 1. The van der Waals surface area contributed by atoms with Gasteiger partial charge in [-0.2, -0.15) is 8.42 Å². The third kappa shape index (κ3) is 6.24. The van der Waals surface area contributed by atoms with E-state index in [2.05, 4.69) is 4.98 Å². The summed E-state index contributed by atoms with van der Waals surface area (Å²) in [6.07, 6.45) is 4.34. The molecule has 3 heterocycles. The van der Waals surface area contributed by atoms with Gasteiger partial charge >= 0.3 is 10.2 Å². The van der Waals surface area contributed by atoms with Gasteiger partial charge in [0.25, 0.3) is 5.91 Å². The number of imidazole rings is 1. The molecule has 7 rings (SSSR count). The van der Waals surface area contributed by atoms with Gasteiger partial charge in [-0.15, -0.1) is 0 Å². The number of carbonyl (C=O) groups is 2. The summed E-state index contributed by atoms with van der Waals surface area (Å²) in [5, 5.41) is 1.01. The van der Waals surface area contributed by atoms with Crippen molar-refractivity contribution >= 4 is 56.6 Å². The van der Waals surface area contributed by atoms with Gasteiger partial charge in [-0.1, -0.05) is 71.7 Å². The molecule has 0 radical (unpaired) electrons. The van der Waals surface area contributed by atoms with Gasteiger partial charge in [0.1, 0.15) is 12.4 Å². The van der Waals surface area contributed by atoms with Crippen LogP contribution in [-0.4, -0.2) is 43.3 Å². The van der Waals surface area contributed by atoms with Crippen LogP contribution < -0.4 is 13.9 Å². The molecule has 1 atom stereocenters. The first-order valence-electron chi connectivity index (χ1n) is 15.1. The maximum atomic E-state index is 12.4. The van der Waals surface area contributed by atoms with Crippen molar-refractivity contribution in [3.8, 4) is 22.4 Å². The zero-order valence-electron chi connectivity index (χ0n) is 25.0. The van der Waals surface area contributed by atoms with Crippen LogP contribution in [0.2, 0.25) is 10.0 Å². The summed E-state index contributed by atoms with van der Waals surface area (Å²) in [5.74, 6) is -0.0993. The lowest BCUT2D eigenvalue weighted by molar-refractivity contribution is -0.119. The van der Waals surface area contributed by atoms with Crippen LogP contribution in [0.5, 0.6) is 0 Å². The molecule has 47 heavy (non-hydrogen) atoms. The minimum atomic E-state index is -3.93. The lowest BCUT2D eigenvalue weighted by Gasteiger charge is -2.26. The Bertz CT molecular complexity index is 2080. The van der Waals surface area contributed by atoms with Crippen molar-refractivity contribution in [2.45, 2.75) is 25.2 Å². The Labute approximate surface area is 282 Å². The van der Waals surface area contributed by atoms with Crippen molar-refractivity contribution in [3.05, 3.63) is 124 Å². The van der Waals surface area contributed by atoms with Crippen LogP contribution in [0, 0.1) is 0 Å². The number of carbonyl (C=O) groups excluding carboxylic acids is 2. The fourth-order valence-electron chi connectivity index (χ4n) is 6.12. The Kier molecular flexibility index (Phi) is 8.25. The quantitative estimate of drug-likeness (QED) is 0.193. The van der Waals surface area contributed by atoms with Crippen LogP contribution in [0.15, 0.2) is 97.2 Å². The highest BCUT2D eigenvalue weighted by Gasteiger charge is 2.34. The third-order valence-corrected chi connectivity index (χ3v) is 10.4. The highest BCUT2D eigenvalue weighted by molar-refractivity contribution is 7.92. The smallest absolute Gasteiger partial charge is 0.326 e. The summed E-state index contributed by atoms with van der Waals surface area (Å²) in [5.41, 5.74) is 6.52. The molecule has 5 aromatic rings. The van der Waals surface area contributed by atoms with Gasteiger partial charge in [-0.05, 0) is 77.6 Å². The zero-order valence-corrected chi connectivity index (χ0v) is 27.3. The molecule has 0 spiro atoms. The third-order valence-electron chi connectivity index (χ3n) is 8.49. The first-order valence-corrected chi connectivity index (χ1v) is 17.3. The molecular formula is C35H29Cl2N5O4S. The first-order chi connectivity index (χ1) is 22.7. The average molecular weight is 687 g/mol. The summed E-state index contributed by atoms with van der Waals surface area (Å²) in [4.78, 5) is 34.3. The fourth-order valence-corrected chi connectivity index (χ4v) is 7.77. The highest BCUT2D eigenvalue weighted by atomic mass is 35.5. The number of anilines is 2. The predicted octanol–water partition coefficient (Wildman–Crippen LogP) is 6.93. The van der Waals surface area contributed by atoms with E-state index in [1.807, 2.05) is 76.4 Å². The number of amides is 2. The normalized spacial score (nSPS) is 16.7. The lowest BCUT2D eigenvalue weighted by atomic mass is 9.89. The van der Waals surface area contributed by atoms with E-state index in [1.54, 1.807) is 30.5 Å². The Hall–Kier alpha value is -4.64. The molecule has 0 aliphatic carbocycles. The molecule has 9 nitrogen and oxygen atoms in total. The van der Waals surface area contributed by atoms with Gasteiger partial charge in [-0.25, -0.2) is 14.0 Å². The van der Waals surface area contributed by atoms with E-state index in [9.17, 15) is 18.0 Å². The summed E-state index contributed by atoms with van der Waals surface area (Å²) < 4.78 is 27.9. The van der Waals surface area contributed by atoms with Gasteiger partial charge in [0.15, 0.2) is 0 Å². The molecule has 2 aliphatic heterocycles. The molecule has 1 unspecified atom stereocenters. The Balaban J connectivity index is 1.22. The van der Waals surface area contributed by atoms with E-state index in [0.717, 1.165) is 57.2 Å². The van der Waals surface area contributed by atoms with Gasteiger partial charge in [-0.3, -0.25) is 9.59 Å². The first kappa shape index (κ1) is 31.0. The number of rotatable bonds is 7. The Morgan fingerprint density at radius 1 is 0.787 bits per heavy atom. The minimum absolute atomic E-state index is 0.166. The van der Waals surface area contributed by atoms with E-state index in [1.165, 1.54) is 0 Å². The molecule has 2 fully saturated rings. The van der Waals surface area contributed by atoms with Gasteiger partial charge in [0.2, 0.25) is 5.91 Å². The number of nitrogens with one attached hydrogen (secondary N) is 2. The minimum Gasteiger partial charge on any atom is -0.347 e. The molecule has 12 heteroatoms. The van der Waals surface area contributed by atoms with Gasteiger partial charge in [0, 0.05) is 35.4 Å². The summed E-state index contributed by atoms with van der Waals surface area (Å²) in [6.45, 7) is 0.474. The van der Waals surface area contributed by atoms with E-state index in [0.29, 0.717) is 33.7 Å². The number of benzene rings is 4. The molecular weight excluding hydrogens is 657 g/mol. The van der Waals surface area contributed by atoms with Gasteiger partial charge < -0.3 is 9.88 Å². The molecule has 0 saturated carbocycles. The Morgan fingerprint density at radius 3 is 2.04 bits per heavy atom. The zero-order chi connectivity index (χ0) is 32.7. The molecule has 2 N–H and O–H groups in total. The van der Waals surface area contributed by atoms with E-state index in [-0.39, 0.29) is 18.4 Å². The van der Waals surface area contributed by atoms with Crippen LogP contribution in [0.25, 0.3) is 22.4 Å². The van der Waals surface area contributed by atoms with E-state index >= 15 is 0 Å². The van der Waals surface area contributed by atoms with E-state index < -0.39 is 16.1 Å². The average Bonchev–Trinajstić information content (AvgIpc) is 3.65. The topological polar surface area (TPSA) is 115 Å². The molecule has 2 aliphatic rings. The van der Waals surface area contributed by atoms with Crippen molar-refractivity contribution in [3.63, 3.8) is 0 Å². The number of aromatic nitrogens is 2. The molecule has 2 saturated heterocycles. The Morgan fingerprint density at radius 2 is 1.43 bits per heavy atom. The van der Waals surface area contributed by atoms with Crippen LogP contribution in [0.3, 0.4) is 0 Å². The number of hydrogen-bond acceptors (Lipinski definition) is 5. The summed E-state index contributed by atoms with van der Waals surface area (Å²) in [6, 6.07) is 28.5. The summed E-state index contributed by atoms with van der Waals surface area (Å²) in [7, 11) is -3.93. The number of nitrogens with zero attached hydrogens (tertiary/aromatic N) is 3. The highest BCUT2D eigenvalue weighted by Crippen LogP contribution is 2.36. The number of halogens is 2. The number of aromatic amines is 1. The second-order valence-corrected chi connectivity index (χ2v) is 14.0. The lowest BCUT2D eigenvalue weighted by Crippen LogP contribution is -2.35. The number of piperidine rings is 1.